The Balaban J connectivity index is 1.89. The van der Waals surface area contributed by atoms with Crippen molar-refractivity contribution in [2.75, 3.05) is 12.3 Å². The Kier molecular flexibility index (Phi) is 4.96. The Morgan fingerprint density at radius 2 is 2.27 bits per heavy atom. The summed E-state index contributed by atoms with van der Waals surface area (Å²) in [6, 6.07) is 7.51. The van der Waals surface area contributed by atoms with E-state index in [1.807, 2.05) is 25.1 Å². The van der Waals surface area contributed by atoms with Crippen LogP contribution in [-0.2, 0) is 6.42 Å². The molecule has 116 valence electrons. The van der Waals surface area contributed by atoms with Crippen molar-refractivity contribution in [3.05, 3.63) is 51.3 Å². The first-order valence-electron chi connectivity index (χ1n) is 6.93. The molecule has 0 spiro atoms. The lowest BCUT2D eigenvalue weighted by Crippen LogP contribution is -2.27. The monoisotopic (exact) mass is 355 g/mol. The second-order valence-electron chi connectivity index (χ2n) is 5.01. The van der Waals surface area contributed by atoms with Crippen LogP contribution in [-0.4, -0.2) is 22.6 Å². The van der Waals surface area contributed by atoms with E-state index in [9.17, 15) is 0 Å². The van der Waals surface area contributed by atoms with Gasteiger partial charge in [0.25, 0.3) is 0 Å². The van der Waals surface area contributed by atoms with E-state index in [4.69, 9.17) is 27.7 Å². The Morgan fingerprint density at radius 1 is 1.41 bits per heavy atom. The number of nitrogens with zero attached hydrogens (tertiary/aromatic N) is 2. The highest BCUT2D eigenvalue weighted by atomic mass is 35.5. The van der Waals surface area contributed by atoms with Crippen molar-refractivity contribution in [2.24, 2.45) is 4.99 Å². The zero-order valence-corrected chi connectivity index (χ0v) is 14.3. The second kappa shape index (κ2) is 6.94. The number of halogens is 2. The fraction of sp³-hybridized carbons (Fsp3) is 0.333. The summed E-state index contributed by atoms with van der Waals surface area (Å²) in [4.78, 5) is 4.45. The summed E-state index contributed by atoms with van der Waals surface area (Å²) in [6.07, 6.45) is 0.625. The van der Waals surface area contributed by atoms with Gasteiger partial charge in [-0.15, -0.1) is 0 Å². The minimum absolute atomic E-state index is 0.0668. The first-order chi connectivity index (χ1) is 10.6. The van der Waals surface area contributed by atoms with E-state index >= 15 is 0 Å². The van der Waals surface area contributed by atoms with Crippen LogP contribution in [0, 0.1) is 6.92 Å². The highest BCUT2D eigenvalue weighted by Crippen LogP contribution is 2.32. The number of hydrogen-bond donors (Lipinski definition) is 1. The minimum Gasteiger partial charge on any atom is -0.361 e. The smallest absolute Gasteiger partial charge is 0.157 e. The van der Waals surface area contributed by atoms with Gasteiger partial charge in [0.2, 0.25) is 0 Å². The van der Waals surface area contributed by atoms with Crippen molar-refractivity contribution < 1.29 is 4.52 Å². The molecule has 1 aromatic heterocycles. The first kappa shape index (κ1) is 15.7. The SMILES string of the molecule is Cc1cc(CC(NC2=NCCS2)c2cccc(Cl)c2Cl)on1. The summed E-state index contributed by atoms with van der Waals surface area (Å²) in [6.45, 7) is 2.74. The van der Waals surface area contributed by atoms with Gasteiger partial charge in [-0.25, -0.2) is 0 Å². The molecule has 1 atom stereocenters. The molecule has 0 saturated carbocycles. The van der Waals surface area contributed by atoms with Crippen molar-refractivity contribution in [3.8, 4) is 0 Å². The molecular formula is C15H15Cl2N3OS. The molecule has 1 aromatic carbocycles. The molecule has 0 aliphatic carbocycles. The summed E-state index contributed by atoms with van der Waals surface area (Å²) in [7, 11) is 0. The van der Waals surface area contributed by atoms with Crippen LogP contribution in [0.2, 0.25) is 10.0 Å². The van der Waals surface area contributed by atoms with Crippen molar-refractivity contribution in [1.82, 2.24) is 10.5 Å². The van der Waals surface area contributed by atoms with Crippen LogP contribution >= 0.6 is 35.0 Å². The fourth-order valence-corrected chi connectivity index (χ4v) is 3.54. The number of thioether (sulfide) groups is 1. The molecule has 1 aliphatic heterocycles. The molecule has 4 nitrogen and oxygen atoms in total. The van der Waals surface area contributed by atoms with E-state index in [2.05, 4.69) is 15.5 Å². The normalized spacial score (nSPS) is 15.7. The molecule has 1 aliphatic rings. The molecule has 2 aromatic rings. The van der Waals surface area contributed by atoms with Crippen LogP contribution in [0.15, 0.2) is 33.8 Å². The standard InChI is InChI=1S/C15H15Cl2N3OS/c1-9-7-10(21-20-9)8-13(19-15-18-5-6-22-15)11-3-2-4-12(16)14(11)17/h2-4,7,13H,5-6,8H2,1H3,(H,18,19). The highest BCUT2D eigenvalue weighted by Gasteiger charge is 2.21. The summed E-state index contributed by atoms with van der Waals surface area (Å²) in [5.74, 6) is 1.80. The Labute approximate surface area is 143 Å². The molecule has 0 radical (unpaired) electrons. The lowest BCUT2D eigenvalue weighted by Gasteiger charge is -2.20. The minimum atomic E-state index is -0.0668. The van der Waals surface area contributed by atoms with E-state index in [-0.39, 0.29) is 6.04 Å². The maximum atomic E-state index is 6.38. The predicted molar refractivity (Wildman–Crippen MR) is 92.0 cm³/mol. The number of aliphatic imine (C=N–C) groups is 1. The molecule has 0 amide bonds. The van der Waals surface area contributed by atoms with Crippen LogP contribution in [0.3, 0.4) is 0 Å². The van der Waals surface area contributed by atoms with Crippen molar-refractivity contribution in [1.29, 1.82) is 0 Å². The average molecular weight is 356 g/mol. The van der Waals surface area contributed by atoms with Crippen molar-refractivity contribution >= 4 is 40.1 Å². The van der Waals surface area contributed by atoms with E-state index in [1.165, 1.54) is 0 Å². The van der Waals surface area contributed by atoms with Gasteiger partial charge >= 0.3 is 0 Å². The van der Waals surface area contributed by atoms with Gasteiger partial charge in [-0.2, -0.15) is 0 Å². The maximum Gasteiger partial charge on any atom is 0.157 e. The number of amidine groups is 1. The zero-order valence-electron chi connectivity index (χ0n) is 12.0. The molecule has 1 unspecified atom stereocenters. The van der Waals surface area contributed by atoms with Crippen LogP contribution in [0.5, 0.6) is 0 Å². The van der Waals surface area contributed by atoms with Gasteiger partial charge in [0, 0.05) is 18.2 Å². The van der Waals surface area contributed by atoms with Crippen molar-refractivity contribution in [3.63, 3.8) is 0 Å². The molecule has 0 bridgehead atoms. The number of hydrogen-bond acceptors (Lipinski definition) is 5. The summed E-state index contributed by atoms with van der Waals surface area (Å²) in [5.41, 5.74) is 1.79. The van der Waals surface area contributed by atoms with E-state index < -0.39 is 0 Å². The zero-order chi connectivity index (χ0) is 15.5. The lowest BCUT2D eigenvalue weighted by molar-refractivity contribution is 0.368. The largest absolute Gasteiger partial charge is 0.361 e. The average Bonchev–Trinajstić information content (AvgIpc) is 3.13. The third-order valence-electron chi connectivity index (χ3n) is 3.32. The Morgan fingerprint density at radius 3 is 2.95 bits per heavy atom. The number of rotatable bonds is 4. The molecule has 22 heavy (non-hydrogen) atoms. The summed E-state index contributed by atoms with van der Waals surface area (Å²) < 4.78 is 5.34. The Bertz CT molecular complexity index is 702. The molecule has 1 N–H and O–H groups in total. The molecule has 0 saturated heterocycles. The van der Waals surface area contributed by atoms with Gasteiger partial charge in [-0.3, -0.25) is 4.99 Å². The third kappa shape index (κ3) is 3.59. The van der Waals surface area contributed by atoms with Gasteiger partial charge in [0.05, 0.1) is 28.3 Å². The Hall–Kier alpha value is -1.17. The highest BCUT2D eigenvalue weighted by molar-refractivity contribution is 8.14. The topological polar surface area (TPSA) is 50.4 Å². The fourth-order valence-electron chi connectivity index (χ4n) is 2.31. The summed E-state index contributed by atoms with van der Waals surface area (Å²) >= 11 is 14.2. The first-order valence-corrected chi connectivity index (χ1v) is 8.67. The van der Waals surface area contributed by atoms with Crippen LogP contribution in [0.1, 0.15) is 23.1 Å². The lowest BCUT2D eigenvalue weighted by atomic mass is 10.0. The van der Waals surface area contributed by atoms with Gasteiger partial charge < -0.3 is 9.84 Å². The number of aryl methyl sites for hydroxylation is 1. The number of benzene rings is 1. The van der Waals surface area contributed by atoms with E-state index in [1.54, 1.807) is 17.8 Å². The predicted octanol–water partition coefficient (Wildman–Crippen LogP) is 4.27. The van der Waals surface area contributed by atoms with Gasteiger partial charge in [-0.1, -0.05) is 52.3 Å². The van der Waals surface area contributed by atoms with E-state index in [0.29, 0.717) is 16.5 Å². The quantitative estimate of drug-likeness (QED) is 0.889. The molecule has 0 fully saturated rings. The molecule has 7 heteroatoms. The summed E-state index contributed by atoms with van der Waals surface area (Å²) in [5, 5.41) is 9.41. The molecule has 2 heterocycles. The number of aromatic nitrogens is 1. The van der Waals surface area contributed by atoms with Crippen LogP contribution < -0.4 is 5.32 Å². The van der Waals surface area contributed by atoms with Crippen LogP contribution in [0.25, 0.3) is 0 Å². The molecule has 3 rings (SSSR count). The third-order valence-corrected chi connectivity index (χ3v) is 5.06. The van der Waals surface area contributed by atoms with Crippen molar-refractivity contribution in [2.45, 2.75) is 19.4 Å². The maximum absolute atomic E-state index is 6.38. The number of nitrogens with one attached hydrogen (secondary N) is 1. The second-order valence-corrected chi connectivity index (χ2v) is 6.88. The van der Waals surface area contributed by atoms with Crippen LogP contribution in [0.4, 0.5) is 0 Å². The van der Waals surface area contributed by atoms with Gasteiger partial charge in [-0.05, 0) is 18.6 Å². The van der Waals surface area contributed by atoms with Gasteiger partial charge in [0.15, 0.2) is 5.17 Å². The molecular weight excluding hydrogens is 341 g/mol. The van der Waals surface area contributed by atoms with Gasteiger partial charge in [0.1, 0.15) is 5.76 Å². The van der Waals surface area contributed by atoms with E-state index in [0.717, 1.165) is 34.5 Å².